The summed E-state index contributed by atoms with van der Waals surface area (Å²) in [6.45, 7) is 6.86. The van der Waals surface area contributed by atoms with Crippen molar-refractivity contribution in [2.75, 3.05) is 7.11 Å². The van der Waals surface area contributed by atoms with Gasteiger partial charge in [-0.2, -0.15) is 0 Å². The van der Waals surface area contributed by atoms with Crippen molar-refractivity contribution in [3.63, 3.8) is 0 Å². The summed E-state index contributed by atoms with van der Waals surface area (Å²) in [7, 11) is 4.89. The number of ether oxygens (including phenoxy) is 1. The van der Waals surface area contributed by atoms with Crippen molar-refractivity contribution in [2.45, 2.75) is 58.0 Å². The number of unbranched alkanes of at least 4 members (excludes halogenated alkanes) is 2. The van der Waals surface area contributed by atoms with Crippen LogP contribution >= 0.6 is 9.24 Å². The van der Waals surface area contributed by atoms with E-state index in [1.54, 1.807) is 7.11 Å². The predicted molar refractivity (Wildman–Crippen MR) is 111 cm³/mol. The average Bonchev–Trinajstić information content (AvgIpc) is 2.67. The standard InChI is InChI=1S/C22H32NOP/c1-5-7-11-14-22(25,17(3)6-2)20-15-19(16-23-21(20)24-4)18-12-9-8-10-13-18/h8-10,12-13,15-17H,5-7,11,14,25H2,1-4H3. The number of pyridine rings is 1. The van der Waals surface area contributed by atoms with Gasteiger partial charge >= 0.3 is 0 Å². The van der Waals surface area contributed by atoms with Crippen LogP contribution < -0.4 is 4.74 Å². The highest BCUT2D eigenvalue weighted by Gasteiger charge is 2.35. The van der Waals surface area contributed by atoms with E-state index in [2.05, 4.69) is 65.3 Å². The fraction of sp³-hybridized carbons (Fsp3) is 0.500. The minimum atomic E-state index is -0.00689. The van der Waals surface area contributed by atoms with Crippen molar-refractivity contribution in [1.29, 1.82) is 0 Å². The smallest absolute Gasteiger partial charge is 0.217 e. The summed E-state index contributed by atoms with van der Waals surface area (Å²) in [5, 5.41) is -0.00689. The van der Waals surface area contributed by atoms with E-state index < -0.39 is 0 Å². The first-order valence-corrected chi connectivity index (χ1v) is 10.0. The van der Waals surface area contributed by atoms with E-state index in [1.165, 1.54) is 30.4 Å². The summed E-state index contributed by atoms with van der Waals surface area (Å²) in [6, 6.07) is 12.7. The van der Waals surface area contributed by atoms with Crippen molar-refractivity contribution >= 4 is 9.24 Å². The van der Waals surface area contributed by atoms with E-state index in [0.717, 1.165) is 24.3 Å². The second-order valence-corrected chi connectivity index (χ2v) is 7.98. The molecule has 3 atom stereocenters. The van der Waals surface area contributed by atoms with Gasteiger partial charge in [0.2, 0.25) is 5.88 Å². The molecular weight excluding hydrogens is 325 g/mol. The highest BCUT2D eigenvalue weighted by atomic mass is 31.0. The van der Waals surface area contributed by atoms with Crippen molar-refractivity contribution in [1.82, 2.24) is 4.98 Å². The first-order chi connectivity index (χ1) is 12.1. The number of nitrogens with zero attached hydrogens (tertiary/aromatic N) is 1. The van der Waals surface area contributed by atoms with Crippen LogP contribution in [0.4, 0.5) is 0 Å². The minimum Gasteiger partial charge on any atom is -0.481 e. The zero-order chi connectivity index (χ0) is 18.3. The van der Waals surface area contributed by atoms with E-state index in [4.69, 9.17) is 4.74 Å². The molecule has 0 radical (unpaired) electrons. The van der Waals surface area contributed by atoms with Crippen LogP contribution in [0.2, 0.25) is 0 Å². The Hall–Kier alpha value is -1.40. The van der Waals surface area contributed by atoms with Gasteiger partial charge in [0.05, 0.1) is 7.11 Å². The lowest BCUT2D eigenvalue weighted by atomic mass is 9.80. The predicted octanol–water partition coefficient (Wildman–Crippen LogP) is 6.45. The Morgan fingerprint density at radius 2 is 1.84 bits per heavy atom. The molecule has 1 aromatic heterocycles. The van der Waals surface area contributed by atoms with Crippen LogP contribution in [-0.4, -0.2) is 12.1 Å². The summed E-state index contributed by atoms with van der Waals surface area (Å²) in [5.41, 5.74) is 3.57. The van der Waals surface area contributed by atoms with Gasteiger partial charge in [-0.25, -0.2) is 4.98 Å². The van der Waals surface area contributed by atoms with Gasteiger partial charge in [-0.1, -0.05) is 76.8 Å². The molecule has 2 nitrogen and oxygen atoms in total. The van der Waals surface area contributed by atoms with Crippen LogP contribution in [0.5, 0.6) is 5.88 Å². The van der Waals surface area contributed by atoms with Gasteiger partial charge in [-0.15, -0.1) is 9.24 Å². The van der Waals surface area contributed by atoms with Crippen molar-refractivity contribution < 1.29 is 4.74 Å². The molecule has 0 spiro atoms. The van der Waals surface area contributed by atoms with Gasteiger partial charge in [0.15, 0.2) is 0 Å². The van der Waals surface area contributed by atoms with Crippen molar-refractivity contribution in [3.05, 3.63) is 48.2 Å². The molecular formula is C22H32NOP. The zero-order valence-electron chi connectivity index (χ0n) is 16.1. The number of benzene rings is 1. The lowest BCUT2D eigenvalue weighted by molar-refractivity contribution is 0.336. The molecule has 0 fully saturated rings. The lowest BCUT2D eigenvalue weighted by Gasteiger charge is -2.36. The van der Waals surface area contributed by atoms with Crippen LogP contribution in [0.15, 0.2) is 42.6 Å². The van der Waals surface area contributed by atoms with Crippen LogP contribution in [0.1, 0.15) is 58.4 Å². The maximum atomic E-state index is 5.66. The van der Waals surface area contributed by atoms with Crippen LogP contribution in [0, 0.1) is 5.92 Å². The van der Waals surface area contributed by atoms with Gasteiger partial charge in [-0.05, 0) is 24.0 Å². The van der Waals surface area contributed by atoms with E-state index in [1.807, 2.05) is 12.3 Å². The molecule has 0 saturated carbocycles. The number of methoxy groups -OCH3 is 1. The summed E-state index contributed by atoms with van der Waals surface area (Å²) in [6.07, 6.45) is 7.92. The third-order valence-corrected chi connectivity index (χ3v) is 6.51. The topological polar surface area (TPSA) is 22.1 Å². The second-order valence-electron chi connectivity index (χ2n) is 6.95. The largest absolute Gasteiger partial charge is 0.481 e. The molecule has 25 heavy (non-hydrogen) atoms. The average molecular weight is 357 g/mol. The molecule has 0 amide bonds. The second kappa shape index (κ2) is 9.34. The number of hydrogen-bond donors (Lipinski definition) is 0. The van der Waals surface area contributed by atoms with E-state index in [-0.39, 0.29) is 5.16 Å². The molecule has 0 aliphatic rings. The van der Waals surface area contributed by atoms with Crippen molar-refractivity contribution in [3.8, 4) is 17.0 Å². The fourth-order valence-corrected chi connectivity index (χ4v) is 4.06. The first kappa shape index (κ1) is 19.9. The fourth-order valence-electron chi connectivity index (χ4n) is 3.42. The molecule has 0 aliphatic carbocycles. The summed E-state index contributed by atoms with van der Waals surface area (Å²) < 4.78 is 5.66. The molecule has 0 aliphatic heterocycles. The van der Waals surface area contributed by atoms with Gasteiger partial charge in [0.25, 0.3) is 0 Å². The number of rotatable bonds is 9. The van der Waals surface area contributed by atoms with E-state index in [9.17, 15) is 0 Å². The third kappa shape index (κ3) is 4.61. The molecule has 136 valence electrons. The summed E-state index contributed by atoms with van der Waals surface area (Å²) in [5.74, 6) is 1.29. The number of aromatic nitrogens is 1. The molecule has 1 aromatic carbocycles. The van der Waals surface area contributed by atoms with Crippen molar-refractivity contribution in [2.24, 2.45) is 5.92 Å². The molecule has 3 unspecified atom stereocenters. The Labute approximate surface area is 155 Å². The van der Waals surface area contributed by atoms with Gasteiger partial charge < -0.3 is 4.74 Å². The van der Waals surface area contributed by atoms with Gasteiger partial charge in [0, 0.05) is 22.5 Å². The lowest BCUT2D eigenvalue weighted by Crippen LogP contribution is -2.28. The van der Waals surface area contributed by atoms with E-state index in [0.29, 0.717) is 5.92 Å². The van der Waals surface area contributed by atoms with Crippen LogP contribution in [-0.2, 0) is 5.16 Å². The Balaban J connectivity index is 2.50. The molecule has 0 saturated heterocycles. The Kier molecular flexibility index (Phi) is 7.44. The van der Waals surface area contributed by atoms with Gasteiger partial charge in [-0.3, -0.25) is 0 Å². The molecule has 2 aromatic rings. The highest BCUT2D eigenvalue weighted by molar-refractivity contribution is 7.18. The third-order valence-electron chi connectivity index (χ3n) is 5.34. The summed E-state index contributed by atoms with van der Waals surface area (Å²) in [4.78, 5) is 4.65. The highest BCUT2D eigenvalue weighted by Crippen LogP contribution is 2.48. The zero-order valence-corrected chi connectivity index (χ0v) is 17.2. The van der Waals surface area contributed by atoms with Crippen LogP contribution in [0.3, 0.4) is 0 Å². The normalized spacial score (nSPS) is 14.8. The molecule has 2 rings (SSSR count). The monoisotopic (exact) mass is 357 g/mol. The Bertz CT molecular complexity index is 658. The molecule has 0 bridgehead atoms. The molecule has 3 heteroatoms. The maximum Gasteiger partial charge on any atom is 0.217 e. The summed E-state index contributed by atoms with van der Waals surface area (Å²) >= 11 is 0. The minimum absolute atomic E-state index is 0.00689. The molecule has 1 heterocycles. The van der Waals surface area contributed by atoms with Crippen LogP contribution in [0.25, 0.3) is 11.1 Å². The Morgan fingerprint density at radius 3 is 2.44 bits per heavy atom. The van der Waals surface area contributed by atoms with E-state index >= 15 is 0 Å². The van der Waals surface area contributed by atoms with Gasteiger partial charge in [0.1, 0.15) is 0 Å². The first-order valence-electron chi connectivity index (χ1n) is 9.45. The quantitative estimate of drug-likeness (QED) is 0.380. The SMILES string of the molecule is CCCCCC(P)(c1cc(-c2ccccc2)cnc1OC)C(C)CC. The number of hydrogen-bond acceptors (Lipinski definition) is 2. The Morgan fingerprint density at radius 1 is 1.12 bits per heavy atom. The molecule has 0 N–H and O–H groups in total. The maximum absolute atomic E-state index is 5.66.